The molecule has 3 N–H and O–H groups in total. The van der Waals surface area contributed by atoms with E-state index >= 15 is 0 Å². The van der Waals surface area contributed by atoms with Gasteiger partial charge >= 0.3 is 5.97 Å². The molecule has 1 aromatic rings. The molecule has 1 aliphatic heterocycles. The van der Waals surface area contributed by atoms with Crippen molar-refractivity contribution < 1.29 is 23.1 Å². The number of carbonyl (C=O) groups excluding carboxylic acids is 1. The minimum absolute atomic E-state index is 0.00894. The number of fused-ring (bicyclic) bond motifs is 1. The van der Waals surface area contributed by atoms with Gasteiger partial charge in [0.1, 0.15) is 6.54 Å². The Morgan fingerprint density at radius 2 is 2.09 bits per heavy atom. The van der Waals surface area contributed by atoms with Gasteiger partial charge < -0.3 is 15.3 Å². The van der Waals surface area contributed by atoms with Crippen LogP contribution in [0.1, 0.15) is 12.5 Å². The van der Waals surface area contributed by atoms with Gasteiger partial charge in [-0.3, -0.25) is 9.59 Å². The molecule has 0 unspecified atom stereocenters. The van der Waals surface area contributed by atoms with Crippen LogP contribution >= 0.6 is 0 Å². The zero-order chi connectivity index (χ0) is 17.0. The highest BCUT2D eigenvalue weighted by Crippen LogP contribution is 2.30. The number of carboxylic acids is 1. The molecule has 1 heterocycles. The fraction of sp³-hybridized carbons (Fsp3) is 0.429. The second-order valence-corrected chi connectivity index (χ2v) is 6.90. The van der Waals surface area contributed by atoms with Gasteiger partial charge in [-0.1, -0.05) is 13.0 Å². The van der Waals surface area contributed by atoms with Crippen LogP contribution < -0.4 is 14.9 Å². The Hall–Kier alpha value is -2.13. The summed E-state index contributed by atoms with van der Waals surface area (Å²) in [6.07, 6.45) is 0.711. The van der Waals surface area contributed by atoms with Crippen LogP contribution in [0.4, 0.5) is 5.69 Å². The molecule has 0 fully saturated rings. The summed E-state index contributed by atoms with van der Waals surface area (Å²) in [7, 11) is -3.56. The highest BCUT2D eigenvalue weighted by molar-refractivity contribution is 7.89. The van der Waals surface area contributed by atoms with Crippen molar-refractivity contribution in [2.45, 2.75) is 18.2 Å². The average molecular weight is 341 g/mol. The first-order valence-electron chi connectivity index (χ1n) is 7.19. The van der Waals surface area contributed by atoms with E-state index in [1.54, 1.807) is 30.0 Å². The van der Waals surface area contributed by atoms with Crippen LogP contribution in [0.25, 0.3) is 0 Å². The molecule has 1 amide bonds. The van der Waals surface area contributed by atoms with Crippen LogP contribution in [-0.4, -0.2) is 51.6 Å². The Labute approximate surface area is 134 Å². The second kappa shape index (κ2) is 6.97. The van der Waals surface area contributed by atoms with Crippen LogP contribution in [0.15, 0.2) is 23.1 Å². The third kappa shape index (κ3) is 4.20. The average Bonchev–Trinajstić information content (AvgIpc) is 2.87. The SMILES string of the molecule is CCNS(=O)(=O)c1ccc2c(c1)N(CC(=O)NCC(=O)O)CC2. The van der Waals surface area contributed by atoms with E-state index in [0.717, 1.165) is 5.56 Å². The largest absolute Gasteiger partial charge is 0.480 e. The minimum atomic E-state index is -3.56. The van der Waals surface area contributed by atoms with E-state index < -0.39 is 28.4 Å². The molecular weight excluding hydrogens is 322 g/mol. The van der Waals surface area contributed by atoms with Crippen LogP contribution in [0, 0.1) is 0 Å². The van der Waals surface area contributed by atoms with Crippen molar-refractivity contribution in [3.63, 3.8) is 0 Å². The fourth-order valence-corrected chi connectivity index (χ4v) is 3.49. The molecule has 1 aromatic carbocycles. The number of aliphatic carboxylic acids is 1. The first-order chi connectivity index (χ1) is 10.8. The molecule has 0 saturated carbocycles. The maximum absolute atomic E-state index is 12.1. The number of carboxylic acid groups (broad SMARTS) is 1. The predicted octanol–water partition coefficient (Wildman–Crippen LogP) is -0.452. The number of sulfonamides is 1. The first-order valence-corrected chi connectivity index (χ1v) is 8.68. The molecule has 0 atom stereocenters. The van der Waals surface area contributed by atoms with Gasteiger partial charge in [0.15, 0.2) is 0 Å². The van der Waals surface area contributed by atoms with Gasteiger partial charge in [-0.15, -0.1) is 0 Å². The number of benzene rings is 1. The molecule has 2 rings (SSSR count). The van der Waals surface area contributed by atoms with Crippen molar-refractivity contribution in [3.8, 4) is 0 Å². The summed E-state index contributed by atoms with van der Waals surface area (Å²) < 4.78 is 26.6. The molecule has 23 heavy (non-hydrogen) atoms. The standard InChI is InChI=1S/C14H19N3O5S/c1-2-16-23(21,22)11-4-3-10-5-6-17(12(10)7-11)9-13(18)15-8-14(19)20/h3-4,7,16H,2,5-6,8-9H2,1H3,(H,15,18)(H,19,20). The molecule has 0 saturated heterocycles. The quantitative estimate of drug-likeness (QED) is 0.618. The van der Waals surface area contributed by atoms with E-state index in [0.29, 0.717) is 25.2 Å². The molecule has 8 nitrogen and oxygen atoms in total. The van der Waals surface area contributed by atoms with Crippen molar-refractivity contribution in [2.24, 2.45) is 0 Å². The lowest BCUT2D eigenvalue weighted by Crippen LogP contribution is -2.38. The predicted molar refractivity (Wildman–Crippen MR) is 83.9 cm³/mol. The highest BCUT2D eigenvalue weighted by Gasteiger charge is 2.24. The summed E-state index contributed by atoms with van der Waals surface area (Å²) in [5.41, 5.74) is 1.65. The van der Waals surface area contributed by atoms with Crippen molar-refractivity contribution in [1.82, 2.24) is 10.0 Å². The Balaban J connectivity index is 2.15. The van der Waals surface area contributed by atoms with E-state index in [4.69, 9.17) is 5.11 Å². The summed E-state index contributed by atoms with van der Waals surface area (Å²) in [5.74, 6) is -1.53. The maximum Gasteiger partial charge on any atom is 0.322 e. The first kappa shape index (κ1) is 17.2. The number of carbonyl (C=O) groups is 2. The number of anilines is 1. The van der Waals surface area contributed by atoms with Crippen molar-refractivity contribution >= 4 is 27.6 Å². The van der Waals surface area contributed by atoms with Gasteiger partial charge in [-0.25, -0.2) is 13.1 Å². The van der Waals surface area contributed by atoms with Gasteiger partial charge in [0, 0.05) is 18.8 Å². The van der Waals surface area contributed by atoms with Crippen molar-refractivity contribution in [3.05, 3.63) is 23.8 Å². The molecule has 126 valence electrons. The van der Waals surface area contributed by atoms with Crippen molar-refractivity contribution in [1.29, 1.82) is 0 Å². The van der Waals surface area contributed by atoms with E-state index in [1.807, 2.05) is 0 Å². The molecule has 0 radical (unpaired) electrons. The lowest BCUT2D eigenvalue weighted by Gasteiger charge is -2.19. The molecule has 0 aromatic heterocycles. The molecular formula is C14H19N3O5S. The van der Waals surface area contributed by atoms with Gasteiger partial charge in [-0.2, -0.15) is 0 Å². The topological polar surface area (TPSA) is 116 Å². The summed E-state index contributed by atoms with van der Waals surface area (Å²) in [5, 5.41) is 10.8. The summed E-state index contributed by atoms with van der Waals surface area (Å²) >= 11 is 0. The Bertz CT molecular complexity index is 717. The number of rotatable bonds is 7. The lowest BCUT2D eigenvalue weighted by molar-refractivity contribution is -0.137. The molecule has 9 heteroatoms. The molecule has 0 aliphatic carbocycles. The smallest absolute Gasteiger partial charge is 0.322 e. The number of amides is 1. The minimum Gasteiger partial charge on any atom is -0.480 e. The second-order valence-electron chi connectivity index (χ2n) is 5.13. The fourth-order valence-electron chi connectivity index (χ4n) is 2.43. The van der Waals surface area contributed by atoms with Gasteiger partial charge in [0.05, 0.1) is 11.4 Å². The number of hydrogen-bond acceptors (Lipinski definition) is 5. The van der Waals surface area contributed by atoms with Gasteiger partial charge in [0.25, 0.3) is 0 Å². The monoisotopic (exact) mass is 341 g/mol. The van der Waals surface area contributed by atoms with Crippen LogP contribution in [0.5, 0.6) is 0 Å². The Morgan fingerprint density at radius 3 is 2.74 bits per heavy atom. The van der Waals surface area contributed by atoms with Crippen LogP contribution in [0.2, 0.25) is 0 Å². The molecule has 1 aliphatic rings. The van der Waals surface area contributed by atoms with Gasteiger partial charge in [0.2, 0.25) is 15.9 Å². The number of nitrogens with zero attached hydrogens (tertiary/aromatic N) is 1. The molecule has 0 spiro atoms. The third-order valence-corrected chi connectivity index (χ3v) is 5.01. The summed E-state index contributed by atoms with van der Waals surface area (Å²) in [6.45, 7) is 2.13. The summed E-state index contributed by atoms with van der Waals surface area (Å²) in [4.78, 5) is 24.1. The Morgan fingerprint density at radius 1 is 1.35 bits per heavy atom. The third-order valence-electron chi connectivity index (χ3n) is 3.46. The maximum atomic E-state index is 12.1. The van der Waals surface area contributed by atoms with Gasteiger partial charge in [-0.05, 0) is 24.1 Å². The Kier molecular flexibility index (Phi) is 5.22. The van der Waals surface area contributed by atoms with E-state index in [-0.39, 0.29) is 11.4 Å². The van der Waals surface area contributed by atoms with Crippen LogP contribution in [0.3, 0.4) is 0 Å². The zero-order valence-corrected chi connectivity index (χ0v) is 13.5. The zero-order valence-electron chi connectivity index (χ0n) is 12.7. The molecule has 0 bridgehead atoms. The van der Waals surface area contributed by atoms with E-state index in [9.17, 15) is 18.0 Å². The summed E-state index contributed by atoms with van der Waals surface area (Å²) in [6, 6.07) is 4.84. The number of hydrogen-bond donors (Lipinski definition) is 3. The van der Waals surface area contributed by atoms with E-state index in [2.05, 4.69) is 10.0 Å². The number of nitrogens with one attached hydrogen (secondary N) is 2. The highest BCUT2D eigenvalue weighted by atomic mass is 32.2. The van der Waals surface area contributed by atoms with E-state index in [1.165, 1.54) is 0 Å². The van der Waals surface area contributed by atoms with Crippen LogP contribution in [-0.2, 0) is 26.0 Å². The normalized spacial score (nSPS) is 13.7. The lowest BCUT2D eigenvalue weighted by atomic mass is 10.2. The van der Waals surface area contributed by atoms with Crippen molar-refractivity contribution in [2.75, 3.05) is 31.1 Å².